The maximum absolute atomic E-state index is 12.3. The van der Waals surface area contributed by atoms with Crippen molar-refractivity contribution >= 4 is 11.7 Å². The van der Waals surface area contributed by atoms with Gasteiger partial charge in [0.1, 0.15) is 0 Å². The summed E-state index contributed by atoms with van der Waals surface area (Å²) >= 11 is 0. The first-order chi connectivity index (χ1) is 12.1. The minimum absolute atomic E-state index is 0.272. The summed E-state index contributed by atoms with van der Waals surface area (Å²) in [6.07, 6.45) is 1.28. The van der Waals surface area contributed by atoms with Crippen molar-refractivity contribution in [3.05, 3.63) is 90.3 Å². The Kier molecular flexibility index (Phi) is 4.97. The molecule has 0 aliphatic heterocycles. The predicted molar refractivity (Wildman–Crippen MR) is 93.9 cm³/mol. The van der Waals surface area contributed by atoms with E-state index in [2.05, 4.69) is 10.3 Å². The molecule has 5 nitrogen and oxygen atoms in total. The van der Waals surface area contributed by atoms with E-state index in [0.29, 0.717) is 5.56 Å². The van der Waals surface area contributed by atoms with Crippen LogP contribution in [0.15, 0.2) is 79.1 Å². The molecule has 0 saturated heterocycles. The van der Waals surface area contributed by atoms with Crippen LogP contribution in [-0.2, 0) is 0 Å². The van der Waals surface area contributed by atoms with Crippen molar-refractivity contribution in [1.29, 1.82) is 0 Å². The molecule has 1 amide bonds. The highest BCUT2D eigenvalue weighted by Gasteiger charge is 2.20. The molecule has 0 bridgehead atoms. The molecule has 1 heterocycles. The number of ketones is 1. The fourth-order valence-corrected chi connectivity index (χ4v) is 2.39. The molecular formula is C20H16N2O3. The molecule has 2 N–H and O–H groups in total. The SMILES string of the molecule is O=C(N[C@@H](O)C(=O)c1ccc(-c2ccccc2)cc1)c1cccnc1. The van der Waals surface area contributed by atoms with E-state index in [1.165, 1.54) is 12.4 Å². The van der Waals surface area contributed by atoms with E-state index < -0.39 is 17.9 Å². The van der Waals surface area contributed by atoms with Crippen LogP contribution in [0.2, 0.25) is 0 Å². The third-order valence-electron chi connectivity index (χ3n) is 3.72. The van der Waals surface area contributed by atoms with Gasteiger partial charge in [-0.15, -0.1) is 0 Å². The van der Waals surface area contributed by atoms with Crippen molar-refractivity contribution in [2.75, 3.05) is 0 Å². The normalized spacial score (nSPS) is 11.6. The number of benzene rings is 2. The van der Waals surface area contributed by atoms with Gasteiger partial charge in [0.25, 0.3) is 5.91 Å². The van der Waals surface area contributed by atoms with Gasteiger partial charge < -0.3 is 10.4 Å². The third kappa shape index (κ3) is 3.97. The first-order valence-corrected chi connectivity index (χ1v) is 7.74. The minimum atomic E-state index is -1.62. The molecular weight excluding hydrogens is 316 g/mol. The molecule has 3 rings (SSSR count). The Hall–Kier alpha value is -3.31. The smallest absolute Gasteiger partial charge is 0.255 e. The van der Waals surface area contributed by atoms with Crippen LogP contribution < -0.4 is 5.32 Å². The third-order valence-corrected chi connectivity index (χ3v) is 3.72. The molecule has 0 aliphatic rings. The van der Waals surface area contributed by atoms with Crippen LogP contribution in [-0.4, -0.2) is 28.0 Å². The maximum Gasteiger partial charge on any atom is 0.255 e. The summed E-state index contributed by atoms with van der Waals surface area (Å²) in [5, 5.41) is 12.3. The zero-order valence-corrected chi connectivity index (χ0v) is 13.3. The van der Waals surface area contributed by atoms with Gasteiger partial charge in [0.2, 0.25) is 5.78 Å². The van der Waals surface area contributed by atoms with Crippen molar-refractivity contribution in [2.24, 2.45) is 0 Å². The highest BCUT2D eigenvalue weighted by molar-refractivity contribution is 6.03. The van der Waals surface area contributed by atoms with Gasteiger partial charge in [0.15, 0.2) is 6.23 Å². The average molecular weight is 332 g/mol. The van der Waals surface area contributed by atoms with Crippen LogP contribution >= 0.6 is 0 Å². The van der Waals surface area contributed by atoms with Gasteiger partial charge in [0.05, 0.1) is 5.56 Å². The van der Waals surface area contributed by atoms with Crippen molar-refractivity contribution in [2.45, 2.75) is 6.23 Å². The average Bonchev–Trinajstić information content (AvgIpc) is 2.69. The molecule has 0 aliphatic carbocycles. The van der Waals surface area contributed by atoms with Gasteiger partial charge in [-0.05, 0) is 23.3 Å². The van der Waals surface area contributed by atoms with Gasteiger partial charge in [0, 0.05) is 18.0 Å². The summed E-state index contributed by atoms with van der Waals surface area (Å²) in [7, 11) is 0. The lowest BCUT2D eigenvalue weighted by atomic mass is 10.0. The maximum atomic E-state index is 12.3. The number of nitrogens with one attached hydrogen (secondary N) is 1. The highest BCUT2D eigenvalue weighted by Crippen LogP contribution is 2.19. The number of hydrogen-bond acceptors (Lipinski definition) is 4. The number of amides is 1. The molecule has 0 radical (unpaired) electrons. The van der Waals surface area contributed by atoms with Crippen LogP contribution in [0.1, 0.15) is 20.7 Å². The lowest BCUT2D eigenvalue weighted by molar-refractivity contribution is 0.0607. The van der Waals surface area contributed by atoms with Crippen LogP contribution in [0.5, 0.6) is 0 Å². The van der Waals surface area contributed by atoms with Crippen molar-refractivity contribution in [3.63, 3.8) is 0 Å². The minimum Gasteiger partial charge on any atom is -0.367 e. The van der Waals surface area contributed by atoms with E-state index in [9.17, 15) is 14.7 Å². The van der Waals surface area contributed by atoms with Gasteiger partial charge in [-0.25, -0.2) is 0 Å². The van der Waals surface area contributed by atoms with Crippen LogP contribution in [0.25, 0.3) is 11.1 Å². The molecule has 124 valence electrons. The first-order valence-electron chi connectivity index (χ1n) is 7.74. The second-order valence-electron chi connectivity index (χ2n) is 5.43. The molecule has 1 aromatic heterocycles. The second kappa shape index (κ2) is 7.51. The van der Waals surface area contributed by atoms with E-state index in [4.69, 9.17) is 0 Å². The standard InChI is InChI=1S/C20H16N2O3/c23-18(20(25)22-19(24)17-7-4-12-21-13-17)16-10-8-15(9-11-16)14-5-2-1-3-6-14/h1-13,20,25H,(H,22,24)/t20-/m0/s1. The van der Waals surface area contributed by atoms with Gasteiger partial charge in [-0.1, -0.05) is 54.6 Å². The largest absolute Gasteiger partial charge is 0.367 e. The monoisotopic (exact) mass is 332 g/mol. The van der Waals surface area contributed by atoms with E-state index in [0.717, 1.165) is 11.1 Å². The summed E-state index contributed by atoms with van der Waals surface area (Å²) in [5.74, 6) is -1.13. The molecule has 0 saturated carbocycles. The van der Waals surface area contributed by atoms with E-state index in [1.807, 2.05) is 30.3 Å². The number of carbonyl (C=O) groups excluding carboxylic acids is 2. The fourth-order valence-electron chi connectivity index (χ4n) is 2.39. The second-order valence-corrected chi connectivity index (χ2v) is 5.43. The Balaban J connectivity index is 1.69. The topological polar surface area (TPSA) is 79.3 Å². The summed E-state index contributed by atoms with van der Waals surface area (Å²) in [5.41, 5.74) is 2.59. The molecule has 5 heteroatoms. The predicted octanol–water partition coefficient (Wildman–Crippen LogP) is 2.68. The fraction of sp³-hybridized carbons (Fsp3) is 0.0500. The van der Waals surface area contributed by atoms with Crippen molar-refractivity contribution < 1.29 is 14.7 Å². The van der Waals surface area contributed by atoms with Crippen LogP contribution in [0, 0.1) is 0 Å². The zero-order chi connectivity index (χ0) is 17.6. The van der Waals surface area contributed by atoms with E-state index >= 15 is 0 Å². The molecule has 0 fully saturated rings. The van der Waals surface area contributed by atoms with Crippen molar-refractivity contribution in [1.82, 2.24) is 10.3 Å². The summed E-state index contributed by atoms with van der Waals surface area (Å²) in [4.78, 5) is 28.1. The van der Waals surface area contributed by atoms with E-state index in [-0.39, 0.29) is 5.56 Å². The zero-order valence-electron chi connectivity index (χ0n) is 13.3. The summed E-state index contributed by atoms with van der Waals surface area (Å²) in [6, 6.07) is 19.8. The van der Waals surface area contributed by atoms with Crippen LogP contribution in [0.3, 0.4) is 0 Å². The Bertz CT molecular complexity index is 862. The molecule has 25 heavy (non-hydrogen) atoms. The lowest BCUT2D eigenvalue weighted by Gasteiger charge is -2.12. The first kappa shape index (κ1) is 16.5. The number of hydrogen-bond donors (Lipinski definition) is 2. The summed E-state index contributed by atoms with van der Waals surface area (Å²) < 4.78 is 0. The number of carbonyl (C=O) groups is 2. The number of rotatable bonds is 5. The Morgan fingerprint density at radius 1 is 0.840 bits per heavy atom. The van der Waals surface area contributed by atoms with Crippen LogP contribution in [0.4, 0.5) is 0 Å². The number of aromatic nitrogens is 1. The van der Waals surface area contributed by atoms with Gasteiger partial charge >= 0.3 is 0 Å². The number of pyridine rings is 1. The number of Topliss-reactive ketones (excluding diaryl/α,β-unsaturated/α-hetero) is 1. The number of nitrogens with zero attached hydrogens (tertiary/aromatic N) is 1. The Labute approximate surface area is 145 Å². The summed E-state index contributed by atoms with van der Waals surface area (Å²) in [6.45, 7) is 0. The highest BCUT2D eigenvalue weighted by atomic mass is 16.3. The Morgan fingerprint density at radius 2 is 1.52 bits per heavy atom. The molecule has 3 aromatic rings. The number of aliphatic hydroxyl groups is 1. The molecule has 2 aromatic carbocycles. The lowest BCUT2D eigenvalue weighted by Crippen LogP contribution is -2.40. The Morgan fingerprint density at radius 3 is 2.16 bits per heavy atom. The molecule has 0 spiro atoms. The van der Waals surface area contributed by atoms with Gasteiger partial charge in [-0.2, -0.15) is 0 Å². The van der Waals surface area contributed by atoms with E-state index in [1.54, 1.807) is 36.4 Å². The quantitative estimate of drug-likeness (QED) is 0.556. The molecule has 1 atom stereocenters. The van der Waals surface area contributed by atoms with Crippen molar-refractivity contribution in [3.8, 4) is 11.1 Å². The number of aliphatic hydroxyl groups excluding tert-OH is 1. The molecule has 0 unspecified atom stereocenters. The van der Waals surface area contributed by atoms with Gasteiger partial charge in [-0.3, -0.25) is 14.6 Å².